The molecule has 3 nitrogen and oxygen atoms in total. The van der Waals surface area contributed by atoms with E-state index in [0.717, 1.165) is 17.1 Å². The highest BCUT2D eigenvalue weighted by Gasteiger charge is 2.09. The lowest BCUT2D eigenvalue weighted by Crippen LogP contribution is -1.98. The summed E-state index contributed by atoms with van der Waals surface area (Å²) >= 11 is 0. The van der Waals surface area contributed by atoms with Crippen molar-refractivity contribution in [1.29, 1.82) is 5.26 Å². The van der Waals surface area contributed by atoms with Crippen molar-refractivity contribution < 1.29 is 0 Å². The molecule has 1 heterocycles. The summed E-state index contributed by atoms with van der Waals surface area (Å²) in [6.07, 6.45) is 3.62. The zero-order valence-corrected chi connectivity index (χ0v) is 10.2. The minimum atomic E-state index is 0.637. The Kier molecular flexibility index (Phi) is 2.83. The molecule has 0 saturated carbocycles. The molecule has 90 valence electrons. The van der Waals surface area contributed by atoms with E-state index in [4.69, 9.17) is 0 Å². The van der Waals surface area contributed by atoms with Gasteiger partial charge in [-0.3, -0.25) is 4.57 Å². The van der Waals surface area contributed by atoms with E-state index in [9.17, 15) is 5.26 Å². The smallest absolute Gasteiger partial charge is 0.144 e. The van der Waals surface area contributed by atoms with Crippen LogP contribution in [0.2, 0.25) is 0 Å². The quantitative estimate of drug-likeness (QED) is 0.694. The fourth-order valence-corrected chi connectivity index (χ4v) is 2.08. The summed E-state index contributed by atoms with van der Waals surface area (Å²) in [5, 5.41) is 9.19. The van der Waals surface area contributed by atoms with Crippen LogP contribution in [0.1, 0.15) is 5.56 Å². The van der Waals surface area contributed by atoms with Gasteiger partial charge in [0.1, 0.15) is 11.9 Å². The van der Waals surface area contributed by atoms with Gasteiger partial charge >= 0.3 is 0 Å². The first-order valence-corrected chi connectivity index (χ1v) is 5.98. The van der Waals surface area contributed by atoms with Crippen LogP contribution in [0, 0.1) is 11.3 Å². The lowest BCUT2D eigenvalue weighted by molar-refractivity contribution is 1.06. The van der Waals surface area contributed by atoms with Gasteiger partial charge in [0.2, 0.25) is 0 Å². The number of hydrogen-bond acceptors (Lipinski definition) is 2. The van der Waals surface area contributed by atoms with Crippen LogP contribution in [0.3, 0.4) is 0 Å². The third-order valence-corrected chi connectivity index (χ3v) is 2.96. The molecule has 0 aliphatic heterocycles. The predicted molar refractivity (Wildman–Crippen MR) is 73.7 cm³/mol. The molecule has 0 atom stereocenters. The molecule has 0 amide bonds. The van der Waals surface area contributed by atoms with Crippen LogP contribution in [0.25, 0.3) is 17.1 Å². The minimum absolute atomic E-state index is 0.637. The number of imidazole rings is 1. The summed E-state index contributed by atoms with van der Waals surface area (Å²) in [7, 11) is 0. The summed E-state index contributed by atoms with van der Waals surface area (Å²) in [5.74, 6) is 0.836. The van der Waals surface area contributed by atoms with Gasteiger partial charge in [-0.1, -0.05) is 42.5 Å². The summed E-state index contributed by atoms with van der Waals surface area (Å²) < 4.78 is 1.94. The number of para-hydroxylation sites is 1. The van der Waals surface area contributed by atoms with Gasteiger partial charge in [0, 0.05) is 18.0 Å². The van der Waals surface area contributed by atoms with E-state index in [0.29, 0.717) is 5.56 Å². The molecule has 0 fully saturated rings. The second-order valence-corrected chi connectivity index (χ2v) is 4.12. The topological polar surface area (TPSA) is 41.6 Å². The lowest BCUT2D eigenvalue weighted by Gasteiger charge is -2.09. The van der Waals surface area contributed by atoms with Crippen molar-refractivity contribution in [2.75, 3.05) is 0 Å². The number of benzene rings is 2. The minimum Gasteiger partial charge on any atom is -0.298 e. The molecular formula is C16H11N3. The molecular weight excluding hydrogens is 234 g/mol. The largest absolute Gasteiger partial charge is 0.298 e. The molecule has 0 aliphatic rings. The van der Waals surface area contributed by atoms with Gasteiger partial charge in [0.25, 0.3) is 0 Å². The van der Waals surface area contributed by atoms with Crippen molar-refractivity contribution in [2.24, 2.45) is 0 Å². The fourth-order valence-electron chi connectivity index (χ4n) is 2.08. The van der Waals surface area contributed by atoms with E-state index in [2.05, 4.69) is 11.1 Å². The third-order valence-electron chi connectivity index (χ3n) is 2.96. The Morgan fingerprint density at radius 1 is 0.947 bits per heavy atom. The fraction of sp³-hybridized carbons (Fsp3) is 0. The second kappa shape index (κ2) is 4.79. The average Bonchev–Trinajstić information content (AvgIpc) is 2.97. The Hall–Kier alpha value is -2.86. The Bertz CT molecular complexity index is 736. The average molecular weight is 245 g/mol. The second-order valence-electron chi connectivity index (χ2n) is 4.12. The van der Waals surface area contributed by atoms with Crippen molar-refractivity contribution in [3.05, 3.63) is 72.6 Å². The van der Waals surface area contributed by atoms with E-state index in [-0.39, 0.29) is 0 Å². The lowest BCUT2D eigenvalue weighted by atomic mass is 10.1. The Morgan fingerprint density at radius 2 is 1.68 bits per heavy atom. The maximum atomic E-state index is 9.19. The van der Waals surface area contributed by atoms with Crippen LogP contribution in [-0.2, 0) is 0 Å². The van der Waals surface area contributed by atoms with E-state index < -0.39 is 0 Å². The summed E-state index contributed by atoms with van der Waals surface area (Å²) in [6.45, 7) is 0. The van der Waals surface area contributed by atoms with E-state index in [1.54, 1.807) is 6.20 Å². The van der Waals surface area contributed by atoms with Crippen molar-refractivity contribution in [2.45, 2.75) is 0 Å². The van der Waals surface area contributed by atoms with Crippen molar-refractivity contribution in [1.82, 2.24) is 9.55 Å². The van der Waals surface area contributed by atoms with Gasteiger partial charge < -0.3 is 0 Å². The van der Waals surface area contributed by atoms with Crippen molar-refractivity contribution >= 4 is 0 Å². The molecule has 3 aromatic rings. The monoisotopic (exact) mass is 245 g/mol. The van der Waals surface area contributed by atoms with Crippen LogP contribution in [0.4, 0.5) is 0 Å². The standard InChI is InChI=1S/C16H11N3/c17-12-14-8-4-5-9-15(14)19-11-10-18-16(19)13-6-2-1-3-7-13/h1-11H. The number of nitrogens with zero attached hydrogens (tertiary/aromatic N) is 3. The zero-order chi connectivity index (χ0) is 13.1. The molecule has 19 heavy (non-hydrogen) atoms. The third kappa shape index (κ3) is 2.00. The molecule has 0 N–H and O–H groups in total. The number of hydrogen-bond donors (Lipinski definition) is 0. The molecule has 0 unspecified atom stereocenters. The summed E-state index contributed by atoms with van der Waals surface area (Å²) in [4.78, 5) is 4.39. The SMILES string of the molecule is N#Cc1ccccc1-n1ccnc1-c1ccccc1. The Morgan fingerprint density at radius 3 is 2.47 bits per heavy atom. The molecule has 3 rings (SSSR count). The van der Waals surface area contributed by atoms with E-state index in [1.807, 2.05) is 65.4 Å². The van der Waals surface area contributed by atoms with E-state index in [1.165, 1.54) is 0 Å². The highest BCUT2D eigenvalue weighted by molar-refractivity contribution is 5.61. The van der Waals surface area contributed by atoms with Gasteiger partial charge in [0.05, 0.1) is 11.3 Å². The number of nitriles is 1. The first kappa shape index (κ1) is 11.2. The Labute approximate surface area is 111 Å². The first-order valence-electron chi connectivity index (χ1n) is 5.98. The van der Waals surface area contributed by atoms with Crippen LogP contribution < -0.4 is 0 Å². The highest BCUT2D eigenvalue weighted by Crippen LogP contribution is 2.22. The first-order chi connectivity index (χ1) is 9.40. The maximum absolute atomic E-state index is 9.19. The molecule has 0 radical (unpaired) electrons. The molecule has 2 aromatic carbocycles. The van der Waals surface area contributed by atoms with Crippen LogP contribution in [0.15, 0.2) is 67.0 Å². The molecule has 0 saturated heterocycles. The molecule has 0 spiro atoms. The van der Waals surface area contributed by atoms with Crippen LogP contribution in [-0.4, -0.2) is 9.55 Å². The molecule has 3 heteroatoms. The summed E-state index contributed by atoms with van der Waals surface area (Å²) in [6, 6.07) is 19.7. The molecule has 0 aliphatic carbocycles. The van der Waals surface area contributed by atoms with Gasteiger partial charge in [-0.15, -0.1) is 0 Å². The van der Waals surface area contributed by atoms with Gasteiger partial charge in [-0.2, -0.15) is 5.26 Å². The molecule has 1 aromatic heterocycles. The summed E-state index contributed by atoms with van der Waals surface area (Å²) in [5.41, 5.74) is 2.51. The van der Waals surface area contributed by atoms with Gasteiger partial charge in [-0.05, 0) is 12.1 Å². The molecule has 0 bridgehead atoms. The number of rotatable bonds is 2. The Balaban J connectivity index is 2.19. The number of aromatic nitrogens is 2. The zero-order valence-electron chi connectivity index (χ0n) is 10.2. The maximum Gasteiger partial charge on any atom is 0.144 e. The van der Waals surface area contributed by atoms with E-state index >= 15 is 0 Å². The van der Waals surface area contributed by atoms with Gasteiger partial charge in [-0.25, -0.2) is 4.98 Å². The highest BCUT2D eigenvalue weighted by atomic mass is 15.1. The van der Waals surface area contributed by atoms with Crippen molar-refractivity contribution in [3.8, 4) is 23.1 Å². The van der Waals surface area contributed by atoms with Gasteiger partial charge in [0.15, 0.2) is 0 Å². The van der Waals surface area contributed by atoms with Crippen molar-refractivity contribution in [3.63, 3.8) is 0 Å². The van der Waals surface area contributed by atoms with Crippen LogP contribution >= 0.6 is 0 Å². The predicted octanol–water partition coefficient (Wildman–Crippen LogP) is 3.41. The van der Waals surface area contributed by atoms with Crippen LogP contribution in [0.5, 0.6) is 0 Å². The normalized spacial score (nSPS) is 10.1.